The number of aromatic nitrogens is 5. The molecule has 0 bridgehead atoms. The Kier molecular flexibility index (Phi) is 4.75. The highest BCUT2D eigenvalue weighted by molar-refractivity contribution is 5.91. The van der Waals surface area contributed by atoms with Gasteiger partial charge in [-0.15, -0.1) is 0 Å². The van der Waals surface area contributed by atoms with Crippen molar-refractivity contribution in [1.82, 2.24) is 24.6 Å². The largest absolute Gasteiger partial charge is 0.493 e. The lowest BCUT2D eigenvalue weighted by atomic mass is 10.2. The quantitative estimate of drug-likeness (QED) is 0.369. The first-order valence-electron chi connectivity index (χ1n) is 10.9. The normalized spacial score (nSPS) is 13.4. The molecular formula is C25H22N6O2. The van der Waals surface area contributed by atoms with Gasteiger partial charge in [-0.3, -0.25) is 0 Å². The van der Waals surface area contributed by atoms with E-state index in [2.05, 4.69) is 25.4 Å². The van der Waals surface area contributed by atoms with Crippen LogP contribution in [0.1, 0.15) is 18.4 Å². The van der Waals surface area contributed by atoms with Gasteiger partial charge in [0.2, 0.25) is 0 Å². The molecular weight excluding hydrogens is 416 g/mol. The Bertz CT molecular complexity index is 1460. The van der Waals surface area contributed by atoms with Crippen LogP contribution in [0, 0.1) is 12.8 Å². The first kappa shape index (κ1) is 19.5. The zero-order valence-corrected chi connectivity index (χ0v) is 18.1. The van der Waals surface area contributed by atoms with Gasteiger partial charge in [-0.1, -0.05) is 0 Å². The molecule has 0 aliphatic heterocycles. The van der Waals surface area contributed by atoms with E-state index in [9.17, 15) is 0 Å². The zero-order valence-electron chi connectivity index (χ0n) is 18.1. The Morgan fingerprint density at radius 3 is 2.76 bits per heavy atom. The highest BCUT2D eigenvalue weighted by Gasteiger charge is 2.22. The summed E-state index contributed by atoms with van der Waals surface area (Å²) in [7, 11) is 0. The van der Waals surface area contributed by atoms with Gasteiger partial charge in [0.05, 0.1) is 18.3 Å². The summed E-state index contributed by atoms with van der Waals surface area (Å²) in [5.41, 5.74) is 3.55. The molecule has 0 saturated heterocycles. The Hall–Kier alpha value is -4.20. The molecule has 1 saturated carbocycles. The van der Waals surface area contributed by atoms with E-state index in [-0.39, 0.29) is 0 Å². The third kappa shape index (κ3) is 4.15. The van der Waals surface area contributed by atoms with Crippen LogP contribution in [0.15, 0.2) is 67.4 Å². The van der Waals surface area contributed by atoms with Crippen LogP contribution in [0.5, 0.6) is 17.2 Å². The van der Waals surface area contributed by atoms with Crippen molar-refractivity contribution in [3.05, 3.63) is 72.9 Å². The molecule has 6 rings (SSSR count). The predicted molar refractivity (Wildman–Crippen MR) is 125 cm³/mol. The predicted octanol–water partition coefficient (Wildman–Crippen LogP) is 5.31. The summed E-state index contributed by atoms with van der Waals surface area (Å²) in [6.07, 6.45) is 7.42. The number of fused-ring (bicyclic) bond motifs is 2. The SMILES string of the molecule is Cc1cc(Nc2ncnc3ccc(OCC4CC4)cc23)ccc1Oc1ccc2ncnn2c1. The maximum Gasteiger partial charge on any atom is 0.155 e. The lowest BCUT2D eigenvalue weighted by Crippen LogP contribution is -2.00. The number of nitrogens with zero attached hydrogens (tertiary/aromatic N) is 5. The first-order chi connectivity index (χ1) is 16.2. The van der Waals surface area contributed by atoms with E-state index in [0.717, 1.165) is 51.7 Å². The van der Waals surface area contributed by atoms with Gasteiger partial charge in [-0.2, -0.15) is 5.10 Å². The van der Waals surface area contributed by atoms with Gasteiger partial charge in [0, 0.05) is 11.1 Å². The maximum absolute atomic E-state index is 6.07. The van der Waals surface area contributed by atoms with E-state index >= 15 is 0 Å². The van der Waals surface area contributed by atoms with Crippen molar-refractivity contribution in [2.75, 3.05) is 11.9 Å². The highest BCUT2D eigenvalue weighted by atomic mass is 16.5. The third-order valence-corrected chi connectivity index (χ3v) is 5.70. The standard InChI is InChI=1S/C25H22N6O2/c1-16-10-18(4-8-23(16)33-20-6-9-24-27-15-29-31(24)12-20)30-25-21-11-19(32-13-17-2-3-17)5-7-22(21)26-14-28-25/h4-12,14-15,17H,2-3,13H2,1H3,(H,26,28,30). The van der Waals surface area contributed by atoms with Crippen LogP contribution in [0.25, 0.3) is 16.6 Å². The molecule has 0 spiro atoms. The summed E-state index contributed by atoms with van der Waals surface area (Å²) in [4.78, 5) is 13.0. The summed E-state index contributed by atoms with van der Waals surface area (Å²) in [5, 5.41) is 8.49. The minimum absolute atomic E-state index is 0.692. The summed E-state index contributed by atoms with van der Waals surface area (Å²) >= 11 is 0. The van der Waals surface area contributed by atoms with Gasteiger partial charge in [-0.25, -0.2) is 19.5 Å². The van der Waals surface area contributed by atoms with Crippen LogP contribution in [-0.2, 0) is 0 Å². The van der Waals surface area contributed by atoms with Gasteiger partial charge in [0.15, 0.2) is 5.65 Å². The minimum Gasteiger partial charge on any atom is -0.493 e. The van der Waals surface area contributed by atoms with Crippen LogP contribution in [0.4, 0.5) is 11.5 Å². The molecule has 1 aliphatic carbocycles. The van der Waals surface area contributed by atoms with E-state index in [0.29, 0.717) is 11.7 Å². The lowest BCUT2D eigenvalue weighted by molar-refractivity contribution is 0.300. The average Bonchev–Trinajstić information content (AvgIpc) is 3.55. The van der Waals surface area contributed by atoms with Crippen LogP contribution in [0.3, 0.4) is 0 Å². The summed E-state index contributed by atoms with van der Waals surface area (Å²) in [5.74, 6) is 3.74. The Morgan fingerprint density at radius 2 is 1.88 bits per heavy atom. The number of rotatable bonds is 7. The van der Waals surface area contributed by atoms with Crippen molar-refractivity contribution < 1.29 is 9.47 Å². The molecule has 1 fully saturated rings. The maximum atomic E-state index is 6.07. The summed E-state index contributed by atoms with van der Waals surface area (Å²) in [6.45, 7) is 2.78. The average molecular weight is 438 g/mol. The van der Waals surface area contributed by atoms with Gasteiger partial charge >= 0.3 is 0 Å². The molecule has 8 nitrogen and oxygen atoms in total. The first-order valence-corrected chi connectivity index (χ1v) is 10.9. The van der Waals surface area contributed by atoms with Crippen LogP contribution in [-0.4, -0.2) is 31.2 Å². The number of pyridine rings is 1. The second-order valence-corrected chi connectivity index (χ2v) is 8.29. The number of ether oxygens (including phenoxy) is 2. The van der Waals surface area contributed by atoms with E-state index in [1.165, 1.54) is 19.2 Å². The van der Waals surface area contributed by atoms with Crippen molar-refractivity contribution in [2.24, 2.45) is 5.92 Å². The molecule has 0 atom stereocenters. The fraction of sp³-hybridized carbons (Fsp3) is 0.200. The molecule has 33 heavy (non-hydrogen) atoms. The smallest absolute Gasteiger partial charge is 0.155 e. The van der Waals surface area contributed by atoms with E-state index in [4.69, 9.17) is 9.47 Å². The molecule has 3 heterocycles. The zero-order chi connectivity index (χ0) is 22.2. The number of hydrogen-bond acceptors (Lipinski definition) is 7. The van der Waals surface area contributed by atoms with Crippen molar-refractivity contribution in [3.63, 3.8) is 0 Å². The minimum atomic E-state index is 0.692. The van der Waals surface area contributed by atoms with Crippen molar-refractivity contribution in [2.45, 2.75) is 19.8 Å². The van der Waals surface area contributed by atoms with Crippen LogP contribution >= 0.6 is 0 Å². The fourth-order valence-corrected chi connectivity index (χ4v) is 3.69. The number of nitrogens with one attached hydrogen (secondary N) is 1. The lowest BCUT2D eigenvalue weighted by Gasteiger charge is -2.13. The van der Waals surface area contributed by atoms with E-state index < -0.39 is 0 Å². The number of anilines is 2. The summed E-state index contributed by atoms with van der Waals surface area (Å²) in [6, 6.07) is 15.6. The second kappa shape index (κ2) is 8.05. The molecule has 1 aliphatic rings. The van der Waals surface area contributed by atoms with Gasteiger partial charge in [0.1, 0.15) is 35.7 Å². The molecule has 3 aromatic heterocycles. The fourth-order valence-electron chi connectivity index (χ4n) is 3.69. The second-order valence-electron chi connectivity index (χ2n) is 8.29. The Labute approximate surface area is 190 Å². The molecule has 2 aromatic carbocycles. The van der Waals surface area contributed by atoms with Crippen molar-refractivity contribution in [3.8, 4) is 17.2 Å². The number of benzene rings is 2. The molecule has 8 heteroatoms. The summed E-state index contributed by atoms with van der Waals surface area (Å²) < 4.78 is 13.7. The molecule has 164 valence electrons. The third-order valence-electron chi connectivity index (χ3n) is 5.70. The Balaban J connectivity index is 1.23. The highest BCUT2D eigenvalue weighted by Crippen LogP contribution is 2.32. The molecule has 1 N–H and O–H groups in total. The van der Waals surface area contributed by atoms with Crippen molar-refractivity contribution in [1.29, 1.82) is 0 Å². The van der Waals surface area contributed by atoms with Crippen molar-refractivity contribution >= 4 is 28.1 Å². The van der Waals surface area contributed by atoms with Gasteiger partial charge in [0.25, 0.3) is 0 Å². The van der Waals surface area contributed by atoms with E-state index in [1.54, 1.807) is 10.8 Å². The van der Waals surface area contributed by atoms with Gasteiger partial charge < -0.3 is 14.8 Å². The molecule has 0 radical (unpaired) electrons. The van der Waals surface area contributed by atoms with Gasteiger partial charge in [-0.05, 0) is 79.8 Å². The van der Waals surface area contributed by atoms with Crippen LogP contribution in [0.2, 0.25) is 0 Å². The number of hydrogen-bond donors (Lipinski definition) is 1. The molecule has 0 unspecified atom stereocenters. The Morgan fingerprint density at radius 1 is 0.970 bits per heavy atom. The monoisotopic (exact) mass is 438 g/mol. The van der Waals surface area contributed by atoms with E-state index in [1.807, 2.05) is 61.7 Å². The molecule has 0 amide bonds. The topological polar surface area (TPSA) is 86.5 Å². The number of aryl methyl sites for hydroxylation is 1. The molecule has 5 aromatic rings. The van der Waals surface area contributed by atoms with Crippen LogP contribution < -0.4 is 14.8 Å².